The van der Waals surface area contributed by atoms with Crippen molar-refractivity contribution in [3.63, 3.8) is 0 Å². The van der Waals surface area contributed by atoms with E-state index in [1.165, 1.54) is 6.33 Å². The van der Waals surface area contributed by atoms with Crippen molar-refractivity contribution in [2.75, 3.05) is 11.9 Å². The fraction of sp³-hybridized carbons (Fsp3) is 0.500. The molecule has 5 nitrogen and oxygen atoms in total. The monoisotopic (exact) mass is 261 g/mol. The number of hydrogen-bond donors (Lipinski definition) is 3. The minimum atomic E-state index is -0.428. The molecule has 1 atom stereocenters. The van der Waals surface area contributed by atoms with Gasteiger partial charge >= 0.3 is 0 Å². The summed E-state index contributed by atoms with van der Waals surface area (Å²) in [6.45, 7) is 2.26. The van der Waals surface area contributed by atoms with Crippen molar-refractivity contribution in [2.45, 2.75) is 19.4 Å². The number of aromatic nitrogens is 2. The molecule has 0 aliphatic rings. The first-order chi connectivity index (χ1) is 6.65. The predicted octanol–water partition coefficient (Wildman–Crippen LogP) is 0.715. The van der Waals surface area contributed by atoms with Gasteiger partial charge in [-0.25, -0.2) is 4.98 Å². The zero-order chi connectivity index (χ0) is 10.6. The third-order valence-corrected chi connectivity index (χ3v) is 2.51. The van der Waals surface area contributed by atoms with E-state index in [-0.39, 0.29) is 5.56 Å². The zero-order valence-electron chi connectivity index (χ0n) is 7.75. The van der Waals surface area contributed by atoms with Crippen LogP contribution in [0.4, 0.5) is 5.82 Å². The van der Waals surface area contributed by atoms with Crippen LogP contribution in [-0.4, -0.2) is 27.7 Å². The smallest absolute Gasteiger partial charge is 0.267 e. The number of rotatable bonds is 4. The summed E-state index contributed by atoms with van der Waals surface area (Å²) in [5.74, 6) is 0.446. The highest BCUT2D eigenvalue weighted by Crippen LogP contribution is 2.12. The molecule has 1 aromatic rings. The van der Waals surface area contributed by atoms with Crippen LogP contribution in [0.3, 0.4) is 0 Å². The van der Waals surface area contributed by atoms with E-state index in [4.69, 9.17) is 0 Å². The molecule has 1 unspecified atom stereocenters. The van der Waals surface area contributed by atoms with Gasteiger partial charge in [0, 0.05) is 6.54 Å². The molecule has 0 aliphatic heterocycles. The summed E-state index contributed by atoms with van der Waals surface area (Å²) in [6, 6.07) is 0. The summed E-state index contributed by atoms with van der Waals surface area (Å²) in [7, 11) is 0. The van der Waals surface area contributed by atoms with E-state index in [0.717, 1.165) is 0 Å². The minimum Gasteiger partial charge on any atom is -0.391 e. The second kappa shape index (κ2) is 5.11. The highest BCUT2D eigenvalue weighted by molar-refractivity contribution is 9.10. The molecule has 3 N–H and O–H groups in total. The maximum absolute atomic E-state index is 11.1. The third kappa shape index (κ3) is 2.81. The SMILES string of the molecule is CCC(O)CNc1nc[nH]c(=O)c1Br. The first kappa shape index (κ1) is 11.2. The van der Waals surface area contributed by atoms with Crippen LogP contribution in [0.2, 0.25) is 0 Å². The Balaban J connectivity index is 2.68. The largest absolute Gasteiger partial charge is 0.391 e. The maximum Gasteiger partial charge on any atom is 0.267 e. The fourth-order valence-electron chi connectivity index (χ4n) is 0.865. The Hall–Kier alpha value is -0.880. The number of anilines is 1. The quantitative estimate of drug-likeness (QED) is 0.747. The van der Waals surface area contributed by atoms with E-state index >= 15 is 0 Å². The molecule has 0 spiro atoms. The molecule has 6 heteroatoms. The van der Waals surface area contributed by atoms with Crippen molar-refractivity contribution in [1.29, 1.82) is 0 Å². The van der Waals surface area contributed by atoms with Gasteiger partial charge in [-0.05, 0) is 22.4 Å². The zero-order valence-corrected chi connectivity index (χ0v) is 9.34. The second-order valence-corrected chi connectivity index (χ2v) is 3.63. The van der Waals surface area contributed by atoms with Gasteiger partial charge in [-0.15, -0.1) is 0 Å². The Bertz CT molecular complexity index is 353. The number of hydrogen-bond acceptors (Lipinski definition) is 4. The van der Waals surface area contributed by atoms with E-state index in [2.05, 4.69) is 31.2 Å². The fourth-order valence-corrected chi connectivity index (χ4v) is 1.22. The lowest BCUT2D eigenvalue weighted by Crippen LogP contribution is -2.20. The molecule has 1 heterocycles. The summed E-state index contributed by atoms with van der Waals surface area (Å²) < 4.78 is 0.350. The standard InChI is InChI=1S/C8H12BrN3O2/c1-2-5(13)3-10-7-6(9)8(14)12-4-11-7/h4-5,13H,2-3H2,1H3,(H2,10,11,12,14). The topological polar surface area (TPSA) is 78.0 Å². The van der Waals surface area contributed by atoms with Gasteiger partial charge in [0.2, 0.25) is 0 Å². The van der Waals surface area contributed by atoms with Crippen LogP contribution in [-0.2, 0) is 0 Å². The van der Waals surface area contributed by atoms with E-state index in [0.29, 0.717) is 23.3 Å². The van der Waals surface area contributed by atoms with Gasteiger partial charge in [-0.2, -0.15) is 0 Å². The van der Waals surface area contributed by atoms with Crippen molar-refractivity contribution >= 4 is 21.7 Å². The van der Waals surface area contributed by atoms with Crippen molar-refractivity contribution in [2.24, 2.45) is 0 Å². The molecule has 0 radical (unpaired) electrons. The molecular weight excluding hydrogens is 250 g/mol. The van der Waals surface area contributed by atoms with E-state index in [1.54, 1.807) is 0 Å². The number of nitrogens with one attached hydrogen (secondary N) is 2. The van der Waals surface area contributed by atoms with E-state index in [9.17, 15) is 9.90 Å². The molecule has 0 fully saturated rings. The number of aromatic amines is 1. The van der Waals surface area contributed by atoms with Crippen LogP contribution >= 0.6 is 15.9 Å². The molecule has 0 saturated heterocycles. The van der Waals surface area contributed by atoms with E-state index in [1.807, 2.05) is 6.92 Å². The Morgan fingerprint density at radius 1 is 1.79 bits per heavy atom. The van der Waals surface area contributed by atoms with Crippen LogP contribution in [0.1, 0.15) is 13.3 Å². The molecule has 0 amide bonds. The highest BCUT2D eigenvalue weighted by atomic mass is 79.9. The Labute approximate surface area is 89.7 Å². The molecular formula is C8H12BrN3O2. The van der Waals surface area contributed by atoms with Gasteiger partial charge in [-0.3, -0.25) is 4.79 Å². The summed E-state index contributed by atoms with van der Waals surface area (Å²) in [6.07, 6.45) is 1.55. The second-order valence-electron chi connectivity index (χ2n) is 2.84. The van der Waals surface area contributed by atoms with Crippen LogP contribution in [0.15, 0.2) is 15.6 Å². The van der Waals surface area contributed by atoms with Crippen molar-refractivity contribution < 1.29 is 5.11 Å². The van der Waals surface area contributed by atoms with Crippen molar-refractivity contribution in [1.82, 2.24) is 9.97 Å². The number of aliphatic hydroxyl groups excluding tert-OH is 1. The van der Waals surface area contributed by atoms with Gasteiger partial charge in [0.1, 0.15) is 10.3 Å². The number of nitrogens with zero attached hydrogens (tertiary/aromatic N) is 1. The van der Waals surface area contributed by atoms with Gasteiger partial charge < -0.3 is 15.4 Å². The van der Waals surface area contributed by atoms with Crippen LogP contribution in [0.25, 0.3) is 0 Å². The van der Waals surface area contributed by atoms with Gasteiger partial charge in [0.15, 0.2) is 0 Å². The lowest BCUT2D eigenvalue weighted by Gasteiger charge is -2.10. The number of H-pyrrole nitrogens is 1. The van der Waals surface area contributed by atoms with Gasteiger partial charge in [0.25, 0.3) is 5.56 Å². The van der Waals surface area contributed by atoms with Crippen molar-refractivity contribution in [3.05, 3.63) is 21.2 Å². The van der Waals surface area contributed by atoms with Crippen LogP contribution in [0.5, 0.6) is 0 Å². The van der Waals surface area contributed by atoms with Gasteiger partial charge in [0.05, 0.1) is 12.4 Å². The predicted molar refractivity (Wildman–Crippen MR) is 57.3 cm³/mol. The lowest BCUT2D eigenvalue weighted by atomic mass is 10.3. The summed E-state index contributed by atoms with van der Waals surface area (Å²) in [5.41, 5.74) is -0.242. The molecule has 0 aromatic carbocycles. The maximum atomic E-state index is 11.1. The summed E-state index contributed by atoms with van der Waals surface area (Å²) in [4.78, 5) is 17.5. The summed E-state index contributed by atoms with van der Waals surface area (Å²) >= 11 is 3.10. The number of aliphatic hydroxyl groups is 1. The molecule has 0 bridgehead atoms. The number of halogens is 1. The molecule has 78 valence electrons. The molecule has 0 aliphatic carbocycles. The average Bonchev–Trinajstić information content (AvgIpc) is 2.20. The lowest BCUT2D eigenvalue weighted by molar-refractivity contribution is 0.183. The molecule has 0 saturated carbocycles. The van der Waals surface area contributed by atoms with Crippen LogP contribution < -0.4 is 10.9 Å². The first-order valence-corrected chi connectivity index (χ1v) is 5.09. The highest BCUT2D eigenvalue weighted by Gasteiger charge is 2.06. The Kier molecular flexibility index (Phi) is 4.09. The Morgan fingerprint density at radius 3 is 3.14 bits per heavy atom. The molecule has 1 aromatic heterocycles. The molecule has 1 rings (SSSR count). The van der Waals surface area contributed by atoms with Crippen LogP contribution in [0, 0.1) is 0 Å². The van der Waals surface area contributed by atoms with E-state index < -0.39 is 6.10 Å². The molecule has 14 heavy (non-hydrogen) atoms. The minimum absolute atomic E-state index is 0.242. The third-order valence-electron chi connectivity index (χ3n) is 1.77. The average molecular weight is 262 g/mol. The summed E-state index contributed by atoms with van der Waals surface area (Å²) in [5, 5.41) is 12.2. The Morgan fingerprint density at radius 2 is 2.50 bits per heavy atom. The van der Waals surface area contributed by atoms with Crippen molar-refractivity contribution in [3.8, 4) is 0 Å². The first-order valence-electron chi connectivity index (χ1n) is 4.30. The van der Waals surface area contributed by atoms with Gasteiger partial charge in [-0.1, -0.05) is 6.92 Å². The normalized spacial score (nSPS) is 12.5.